The summed E-state index contributed by atoms with van der Waals surface area (Å²) in [6.07, 6.45) is -0.729. The number of hydrogen-bond donors (Lipinski definition) is 2. The van der Waals surface area contributed by atoms with Crippen LogP contribution in [0.5, 0.6) is 0 Å². The first-order valence-corrected chi connectivity index (χ1v) is 10.5. The molecule has 2 aromatic rings. The fraction of sp³-hybridized carbons (Fsp3) is 0.389. The number of pyridine rings is 1. The monoisotopic (exact) mass is 472 g/mol. The first-order valence-electron chi connectivity index (χ1n) is 8.42. The summed E-state index contributed by atoms with van der Waals surface area (Å²) in [6.45, 7) is 0.330. The van der Waals surface area contributed by atoms with E-state index in [1.54, 1.807) is 12.3 Å². The van der Waals surface area contributed by atoms with E-state index in [9.17, 15) is 5.11 Å². The van der Waals surface area contributed by atoms with Crippen LogP contribution in [0.4, 0.5) is 0 Å². The highest BCUT2D eigenvalue weighted by molar-refractivity contribution is 9.10. The van der Waals surface area contributed by atoms with Crippen molar-refractivity contribution in [1.29, 1.82) is 0 Å². The first kappa shape index (κ1) is 19.6. The smallest absolute Gasteiger partial charge is 0.184 e. The molecule has 6 nitrogen and oxygen atoms in total. The summed E-state index contributed by atoms with van der Waals surface area (Å²) in [5, 5.41) is 11.2. The van der Waals surface area contributed by atoms with Crippen LogP contribution in [0.1, 0.15) is 11.9 Å². The molecule has 2 fully saturated rings. The lowest BCUT2D eigenvalue weighted by atomic mass is 9.97. The second kappa shape index (κ2) is 8.34. The van der Waals surface area contributed by atoms with Crippen LogP contribution in [0, 0.1) is 0 Å². The molecule has 27 heavy (non-hydrogen) atoms. The van der Waals surface area contributed by atoms with Gasteiger partial charge in [-0.2, -0.15) is 0 Å². The number of aliphatic hydroxyl groups is 1. The van der Waals surface area contributed by atoms with E-state index in [2.05, 4.69) is 20.9 Å². The van der Waals surface area contributed by atoms with Crippen LogP contribution < -0.4 is 5.73 Å². The van der Waals surface area contributed by atoms with E-state index >= 15 is 0 Å². The minimum Gasteiger partial charge on any atom is -0.388 e. The number of fused-ring (bicyclic) bond motifs is 1. The lowest BCUT2D eigenvalue weighted by molar-refractivity contribution is -0.297. The van der Waals surface area contributed by atoms with Crippen LogP contribution in [0.2, 0.25) is 5.02 Å². The molecule has 9 heteroatoms. The Kier molecular flexibility index (Phi) is 6.06. The average molecular weight is 474 g/mol. The van der Waals surface area contributed by atoms with Gasteiger partial charge in [0.25, 0.3) is 0 Å². The van der Waals surface area contributed by atoms with Crippen LogP contribution in [0.25, 0.3) is 0 Å². The predicted molar refractivity (Wildman–Crippen MR) is 105 cm³/mol. The number of hydrogen-bond acceptors (Lipinski definition) is 7. The summed E-state index contributed by atoms with van der Waals surface area (Å²) in [6, 6.07) is 10.8. The maximum atomic E-state index is 10.7. The van der Waals surface area contributed by atoms with Crippen molar-refractivity contribution in [3.63, 3.8) is 0 Å². The second-order valence-electron chi connectivity index (χ2n) is 6.35. The molecule has 6 atom stereocenters. The van der Waals surface area contributed by atoms with Crippen molar-refractivity contribution in [2.75, 3.05) is 6.61 Å². The molecule has 3 heterocycles. The van der Waals surface area contributed by atoms with Gasteiger partial charge in [0.2, 0.25) is 0 Å². The third kappa shape index (κ3) is 4.18. The first-order chi connectivity index (χ1) is 13.0. The summed E-state index contributed by atoms with van der Waals surface area (Å²) in [7, 11) is 0. The molecular weight excluding hydrogens is 456 g/mol. The van der Waals surface area contributed by atoms with Crippen molar-refractivity contribution in [3.8, 4) is 0 Å². The fourth-order valence-electron chi connectivity index (χ4n) is 3.12. The number of ether oxygens (including phenoxy) is 3. The van der Waals surface area contributed by atoms with Crippen molar-refractivity contribution in [1.82, 2.24) is 4.98 Å². The maximum Gasteiger partial charge on any atom is 0.184 e. The summed E-state index contributed by atoms with van der Waals surface area (Å²) in [5.41, 5.74) is 6.63. The van der Waals surface area contributed by atoms with Crippen LogP contribution >= 0.6 is 39.3 Å². The third-order valence-electron chi connectivity index (χ3n) is 4.51. The van der Waals surface area contributed by atoms with Gasteiger partial charge in [0.05, 0.1) is 17.7 Å². The van der Waals surface area contributed by atoms with Crippen LogP contribution in [0.15, 0.2) is 52.1 Å². The zero-order chi connectivity index (χ0) is 19.0. The number of halogens is 2. The van der Waals surface area contributed by atoms with Gasteiger partial charge in [-0.3, -0.25) is 0 Å². The van der Waals surface area contributed by atoms with Gasteiger partial charge in [-0.15, -0.1) is 0 Å². The van der Waals surface area contributed by atoms with E-state index < -0.39 is 30.0 Å². The Balaban J connectivity index is 1.48. The lowest BCUT2D eigenvalue weighted by Gasteiger charge is -2.47. The van der Waals surface area contributed by atoms with E-state index in [1.165, 1.54) is 11.8 Å². The van der Waals surface area contributed by atoms with Gasteiger partial charge in [-0.25, -0.2) is 4.98 Å². The molecule has 144 valence electrons. The Hall–Kier alpha value is -0.710. The molecule has 1 aromatic carbocycles. The number of benzene rings is 1. The number of nitrogens with zero attached hydrogens (tertiary/aromatic N) is 1. The van der Waals surface area contributed by atoms with Crippen molar-refractivity contribution in [2.24, 2.45) is 5.73 Å². The van der Waals surface area contributed by atoms with Crippen molar-refractivity contribution < 1.29 is 19.3 Å². The standard InChI is InChI=1S/C18H18BrClN2O4S/c19-16-12(6-10(20)7-22-16)27-18-14(23)13(21)15-11(25-18)8-24-17(26-15)9-4-2-1-3-5-9/h1-7,11,13-15,17-18,23H,8,21H2. The van der Waals surface area contributed by atoms with E-state index in [-0.39, 0.29) is 6.10 Å². The van der Waals surface area contributed by atoms with E-state index in [1.807, 2.05) is 30.3 Å². The Labute approximate surface area is 174 Å². The Morgan fingerprint density at radius 3 is 2.81 bits per heavy atom. The molecule has 2 aliphatic heterocycles. The normalized spacial score (nSPS) is 33.5. The predicted octanol–water partition coefficient (Wildman–Crippen LogP) is 3.12. The van der Waals surface area contributed by atoms with E-state index in [0.29, 0.717) is 16.2 Å². The number of thioether (sulfide) groups is 1. The lowest BCUT2D eigenvalue weighted by Crippen LogP contribution is -2.64. The number of rotatable bonds is 3. The molecule has 1 aromatic heterocycles. The molecule has 0 radical (unpaired) electrons. The highest BCUT2D eigenvalue weighted by atomic mass is 79.9. The van der Waals surface area contributed by atoms with Gasteiger partial charge in [0, 0.05) is 16.7 Å². The molecule has 2 aliphatic rings. The van der Waals surface area contributed by atoms with Crippen LogP contribution in [-0.2, 0) is 14.2 Å². The minimum atomic E-state index is -0.920. The van der Waals surface area contributed by atoms with Crippen molar-refractivity contribution in [2.45, 2.75) is 41.0 Å². The molecule has 6 unspecified atom stereocenters. The summed E-state index contributed by atoms with van der Waals surface area (Å²) >= 11 is 10.7. The number of aliphatic hydroxyl groups excluding tert-OH is 1. The highest BCUT2D eigenvalue weighted by Gasteiger charge is 2.48. The average Bonchev–Trinajstić information content (AvgIpc) is 2.69. The molecule has 0 saturated carbocycles. The second-order valence-corrected chi connectivity index (χ2v) is 8.68. The maximum absolute atomic E-state index is 10.7. The Bertz CT molecular complexity index is 800. The summed E-state index contributed by atoms with van der Waals surface area (Å²) in [5.74, 6) is 0. The van der Waals surface area contributed by atoms with E-state index in [4.69, 9.17) is 31.5 Å². The topological polar surface area (TPSA) is 86.8 Å². The zero-order valence-electron chi connectivity index (χ0n) is 14.1. The number of nitrogens with two attached hydrogens (primary N) is 1. The van der Waals surface area contributed by atoms with Crippen molar-refractivity contribution >= 4 is 39.3 Å². The summed E-state index contributed by atoms with van der Waals surface area (Å²) in [4.78, 5) is 4.92. The van der Waals surface area contributed by atoms with Gasteiger partial charge in [-0.05, 0) is 22.0 Å². The summed E-state index contributed by atoms with van der Waals surface area (Å²) < 4.78 is 18.5. The molecule has 0 spiro atoms. The van der Waals surface area contributed by atoms with Crippen LogP contribution in [0.3, 0.4) is 0 Å². The van der Waals surface area contributed by atoms with Gasteiger partial charge in [0.1, 0.15) is 28.4 Å². The molecule has 4 rings (SSSR count). The van der Waals surface area contributed by atoms with Crippen molar-refractivity contribution in [3.05, 3.63) is 57.8 Å². The van der Waals surface area contributed by atoms with Gasteiger partial charge in [-0.1, -0.05) is 53.7 Å². The van der Waals surface area contributed by atoms with Gasteiger partial charge < -0.3 is 25.1 Å². The van der Waals surface area contributed by atoms with Gasteiger partial charge >= 0.3 is 0 Å². The fourth-order valence-corrected chi connectivity index (χ4v) is 4.96. The SMILES string of the molecule is NC1C(O)C(Sc2cc(Cl)cnc2Br)OC2COC(c3ccccc3)OC21. The molecule has 0 bridgehead atoms. The van der Waals surface area contributed by atoms with Crippen LogP contribution in [-0.4, -0.2) is 46.5 Å². The molecule has 2 saturated heterocycles. The minimum absolute atomic E-state index is 0.330. The van der Waals surface area contributed by atoms with E-state index in [0.717, 1.165) is 10.5 Å². The highest BCUT2D eigenvalue weighted by Crippen LogP contribution is 2.40. The molecule has 0 aliphatic carbocycles. The Morgan fingerprint density at radius 1 is 1.26 bits per heavy atom. The quantitative estimate of drug-likeness (QED) is 0.662. The molecular formula is C18H18BrClN2O4S. The van der Waals surface area contributed by atoms with Gasteiger partial charge in [0.15, 0.2) is 6.29 Å². The molecule has 0 amide bonds. The third-order valence-corrected chi connectivity index (χ3v) is 6.80. The number of aromatic nitrogens is 1. The largest absolute Gasteiger partial charge is 0.388 e. The Morgan fingerprint density at radius 2 is 2.04 bits per heavy atom. The zero-order valence-corrected chi connectivity index (χ0v) is 17.2. The molecule has 3 N–H and O–H groups in total.